The number of hydrogen-bond acceptors (Lipinski definition) is 18. The van der Waals surface area contributed by atoms with Crippen molar-refractivity contribution in [2.45, 2.75) is 133 Å². The minimum atomic E-state index is -0.815. The van der Waals surface area contributed by atoms with Crippen LogP contribution in [0.15, 0.2) is 76.9 Å². The van der Waals surface area contributed by atoms with Crippen molar-refractivity contribution in [2.24, 2.45) is 5.92 Å². The number of pyridine rings is 1. The molecule has 86 heavy (non-hydrogen) atoms. The van der Waals surface area contributed by atoms with E-state index in [0.717, 1.165) is 144 Å². The fourth-order valence-corrected chi connectivity index (χ4v) is 16.6. The summed E-state index contributed by atoms with van der Waals surface area (Å²) in [5, 5.41) is 21.9. The van der Waals surface area contributed by atoms with Crippen molar-refractivity contribution < 1.29 is 33.4 Å². The molecule has 20 heteroatoms. The van der Waals surface area contributed by atoms with Gasteiger partial charge in [-0.2, -0.15) is 9.97 Å². The summed E-state index contributed by atoms with van der Waals surface area (Å²) in [5.41, 5.74) is 9.98. The Morgan fingerprint density at radius 2 is 1.72 bits per heavy atom. The number of rotatable bonds is 17. The highest BCUT2D eigenvalue weighted by Gasteiger charge is 2.51. The van der Waals surface area contributed by atoms with Crippen LogP contribution in [0.5, 0.6) is 11.8 Å². The molecule has 14 rings (SSSR count). The molecule has 7 aliphatic rings. The zero-order chi connectivity index (χ0) is 59.1. The highest BCUT2D eigenvalue weighted by Crippen LogP contribution is 2.50. The van der Waals surface area contributed by atoms with E-state index in [2.05, 4.69) is 84.3 Å². The van der Waals surface area contributed by atoms with Gasteiger partial charge in [-0.05, 0) is 111 Å². The van der Waals surface area contributed by atoms with Gasteiger partial charge in [0.25, 0.3) is 0 Å². The number of benzene rings is 3. The number of hydrogen-bond donors (Lipinski definition) is 2. The Labute approximate surface area is 507 Å². The minimum absolute atomic E-state index is 0.0304. The molecule has 2 N–H and O–H groups in total. The van der Waals surface area contributed by atoms with Crippen LogP contribution in [0.25, 0.3) is 43.4 Å². The van der Waals surface area contributed by atoms with Crippen molar-refractivity contribution >= 4 is 56.5 Å². The summed E-state index contributed by atoms with van der Waals surface area (Å²) >= 11 is 1.60. The van der Waals surface area contributed by atoms with E-state index in [4.69, 9.17) is 33.7 Å². The van der Waals surface area contributed by atoms with Crippen molar-refractivity contribution in [3.63, 3.8) is 0 Å². The molecule has 10 heterocycles. The lowest BCUT2D eigenvalue weighted by atomic mass is 9.79. The first-order valence-corrected chi connectivity index (χ1v) is 32.1. The van der Waals surface area contributed by atoms with E-state index in [1.807, 2.05) is 69.7 Å². The number of piperazine rings is 2. The lowest BCUT2D eigenvalue weighted by Gasteiger charge is -2.40. The average molecular weight is 1190 g/mol. The number of β-amino-alcohol motifs (C(OH)–C–C–N with tert-alkyl or cyclic N) is 1. The Balaban J connectivity index is 0.638. The van der Waals surface area contributed by atoms with Gasteiger partial charge in [-0.15, -0.1) is 11.3 Å². The minimum Gasteiger partial charge on any atom is -0.468 e. The first-order valence-electron chi connectivity index (χ1n) is 31.2. The first kappa shape index (κ1) is 57.0. The Kier molecular flexibility index (Phi) is 15.3. The molecule has 4 aromatic heterocycles. The number of aliphatic hydroxyl groups excluding tert-OH is 1. The van der Waals surface area contributed by atoms with Crippen molar-refractivity contribution in [3.8, 4) is 33.5 Å². The van der Waals surface area contributed by atoms with Crippen LogP contribution in [0.3, 0.4) is 0 Å². The maximum absolute atomic E-state index is 14.6. The van der Waals surface area contributed by atoms with E-state index < -0.39 is 18.1 Å². The number of ether oxygens (including phenoxy) is 3. The molecule has 9 atom stereocenters. The maximum Gasteiger partial charge on any atom is 0.319 e. The molecule has 0 saturated carbocycles. The average Bonchev–Trinajstić information content (AvgIpc) is 1.12. The van der Waals surface area contributed by atoms with Gasteiger partial charge < -0.3 is 43.9 Å². The smallest absolute Gasteiger partial charge is 0.319 e. The number of fused-ring (bicyclic) bond motifs is 7. The van der Waals surface area contributed by atoms with E-state index >= 15 is 0 Å². The lowest BCUT2D eigenvalue weighted by molar-refractivity contribution is -0.141. The highest BCUT2D eigenvalue weighted by atomic mass is 32.1. The number of nitrogens with zero attached hydrogens (tertiary/aromatic N) is 11. The Hall–Kier alpha value is -6.81. The summed E-state index contributed by atoms with van der Waals surface area (Å²) in [7, 11) is 3.91. The predicted molar refractivity (Wildman–Crippen MR) is 332 cm³/mol. The van der Waals surface area contributed by atoms with Crippen LogP contribution < -0.4 is 24.6 Å². The molecule has 1 aliphatic carbocycles. The van der Waals surface area contributed by atoms with E-state index in [9.17, 15) is 14.7 Å². The number of aliphatic hydroxyl groups is 1. The molecular formula is C66H80N12O7S. The molecule has 3 unspecified atom stereocenters. The standard InChI is InChI=1S/C66H80N12O7S/c1-38(2)56(64(81)77-34-48(79)27-53(77)63(80)69-40(4)42-12-14-43(15-13-42)61-41(5)68-36-86-61)54-29-55(72-85-54)75-24-22-74(23-25-75)31-47-18-20-66(19-9-21-78(47)66)35-83-65-70-60-52(62(71-65)76-32-45-16-17-46(33-76)73(45)6)30-67-59-51-28-49(84-37-82-7)26-44-10-8-11-50(58(44)51)39(3)57(59)60/h8,10-15,26,28-30,36,38-40,45-48,53,56,79H,9,16-25,27,31-35,37H2,1-7H3,(H,69,80)/t39?,40-,45?,46?,47-,48+,53-,56-,66-/m0/s1. The third kappa shape index (κ3) is 10.2. The normalized spacial score (nSPS) is 25.6. The number of carbonyl (C=O) groups is 2. The Bertz CT molecular complexity index is 3670. The molecule has 3 aromatic carbocycles. The van der Waals surface area contributed by atoms with Gasteiger partial charge in [0.15, 0.2) is 18.4 Å². The van der Waals surface area contributed by atoms with Crippen LogP contribution in [0, 0.1) is 12.8 Å². The molecule has 452 valence electrons. The number of likely N-dealkylation sites (N-methyl/N-ethyl adjacent to an activating group) is 1. The van der Waals surface area contributed by atoms with Gasteiger partial charge in [0.1, 0.15) is 30.1 Å². The summed E-state index contributed by atoms with van der Waals surface area (Å²) in [5.74, 6) is 1.52. The number of aromatic nitrogens is 5. The monoisotopic (exact) mass is 1180 g/mol. The van der Waals surface area contributed by atoms with Crippen LogP contribution in [0.1, 0.15) is 119 Å². The van der Waals surface area contributed by atoms with Gasteiger partial charge in [0.2, 0.25) is 11.8 Å². The number of amides is 2. The number of methoxy groups -OCH3 is 1. The fraction of sp³-hybridized carbons (Fsp3) is 0.530. The van der Waals surface area contributed by atoms with Crippen LogP contribution in [-0.4, -0.2) is 184 Å². The van der Waals surface area contributed by atoms with Gasteiger partial charge in [-0.25, -0.2) is 4.98 Å². The quantitative estimate of drug-likeness (QED) is 0.0822. The van der Waals surface area contributed by atoms with E-state index in [0.29, 0.717) is 42.3 Å². The highest BCUT2D eigenvalue weighted by molar-refractivity contribution is 7.13. The van der Waals surface area contributed by atoms with Gasteiger partial charge >= 0.3 is 6.01 Å². The Morgan fingerprint density at radius 1 is 0.919 bits per heavy atom. The third-order valence-corrected chi connectivity index (χ3v) is 21.4. The summed E-state index contributed by atoms with van der Waals surface area (Å²) < 4.78 is 24.4. The van der Waals surface area contributed by atoms with Crippen molar-refractivity contribution in [1.82, 2.24) is 50.0 Å². The molecule has 2 bridgehead atoms. The first-order chi connectivity index (χ1) is 41.7. The second-order valence-electron chi connectivity index (χ2n) is 25.9. The number of anilines is 2. The summed E-state index contributed by atoms with van der Waals surface area (Å²) in [4.78, 5) is 64.3. The molecule has 0 radical (unpaired) electrons. The molecule has 6 saturated heterocycles. The van der Waals surface area contributed by atoms with Crippen molar-refractivity contribution in [1.29, 1.82) is 0 Å². The molecular weight excluding hydrogens is 1100 g/mol. The second kappa shape index (κ2) is 23.0. The van der Waals surface area contributed by atoms with Gasteiger partial charge in [-0.3, -0.25) is 29.3 Å². The van der Waals surface area contributed by atoms with Crippen molar-refractivity contribution in [2.75, 3.05) is 96.3 Å². The molecule has 0 spiro atoms. The third-order valence-electron chi connectivity index (χ3n) is 20.4. The zero-order valence-corrected chi connectivity index (χ0v) is 51.4. The number of likely N-dealkylation sites (tertiary alicyclic amines) is 1. The van der Waals surface area contributed by atoms with Gasteiger partial charge in [0.05, 0.1) is 50.4 Å². The van der Waals surface area contributed by atoms with E-state index in [1.165, 1.54) is 23.8 Å². The number of carbonyl (C=O) groups excluding carboxylic acids is 2. The SMILES string of the molecule is COCOc1cc2c3c(cccc3c1)C(C)c1c-2ncc2c(N3CC4CCC(C3)N4C)nc(OC[C@@]34CCCN3[C@H](CN3CCN(c5cc([C@@H](C(=O)N6C[C@H](O)C[C@H]6C(=O)N[C@@H](C)c6ccc(-c7scnc7C)cc6)C(C)C)on5)CC3)CC4)nc12. The van der Waals surface area contributed by atoms with Crippen LogP contribution in [0.4, 0.5) is 11.6 Å². The molecule has 19 nitrogen and oxygen atoms in total. The maximum atomic E-state index is 14.6. The molecule has 6 aliphatic heterocycles. The zero-order valence-electron chi connectivity index (χ0n) is 50.6. The fourth-order valence-electron chi connectivity index (χ4n) is 15.8. The number of thiazole rings is 1. The molecule has 6 fully saturated rings. The second-order valence-corrected chi connectivity index (χ2v) is 26.7. The summed E-state index contributed by atoms with van der Waals surface area (Å²) in [6.45, 7) is 18.1. The van der Waals surface area contributed by atoms with Crippen LogP contribution >= 0.6 is 11.3 Å². The summed E-state index contributed by atoms with van der Waals surface area (Å²) in [6.07, 6.45) is 8.10. The van der Waals surface area contributed by atoms with Crippen LogP contribution in [-0.2, 0) is 14.3 Å². The Morgan fingerprint density at radius 3 is 2.48 bits per heavy atom. The lowest BCUT2D eigenvalue weighted by Crippen LogP contribution is -2.53. The van der Waals surface area contributed by atoms with E-state index in [1.54, 1.807) is 23.3 Å². The molecule has 2 amide bonds. The van der Waals surface area contributed by atoms with Gasteiger partial charge in [-0.1, -0.05) is 68.4 Å². The van der Waals surface area contributed by atoms with E-state index in [-0.39, 0.29) is 55.0 Å². The topological polar surface area (TPSA) is 191 Å². The largest absolute Gasteiger partial charge is 0.468 e. The number of nitrogens with one attached hydrogen (secondary N) is 1. The number of aryl methyl sites for hydroxylation is 1. The van der Waals surface area contributed by atoms with Crippen molar-refractivity contribution in [3.05, 3.63) is 101 Å². The van der Waals surface area contributed by atoms with Gasteiger partial charge in [0, 0.05) is 113 Å². The molecule has 7 aromatic rings. The summed E-state index contributed by atoms with van der Waals surface area (Å²) in [6, 6.07) is 21.4. The predicted octanol–water partition coefficient (Wildman–Crippen LogP) is 8.77. The van der Waals surface area contributed by atoms with Crippen LogP contribution in [0.2, 0.25) is 0 Å².